The van der Waals surface area contributed by atoms with E-state index in [-0.39, 0.29) is 11.5 Å². The van der Waals surface area contributed by atoms with Gasteiger partial charge in [-0.05, 0) is 65.7 Å². The maximum Gasteiger partial charge on any atom is 0.193 e. The zero-order valence-corrected chi connectivity index (χ0v) is 14.6. The van der Waals surface area contributed by atoms with E-state index >= 15 is 0 Å². The summed E-state index contributed by atoms with van der Waals surface area (Å²) in [5.41, 5.74) is 2.65. The van der Waals surface area contributed by atoms with Gasteiger partial charge in [0.25, 0.3) is 0 Å². The molecule has 0 unspecified atom stereocenters. The van der Waals surface area contributed by atoms with Crippen molar-refractivity contribution < 1.29 is 9.90 Å². The van der Waals surface area contributed by atoms with Crippen LogP contribution in [-0.2, 0) is 0 Å². The average Bonchev–Trinajstić information content (AvgIpc) is 2.62. The molecule has 0 aromatic heterocycles. The summed E-state index contributed by atoms with van der Waals surface area (Å²) in [5, 5.41) is 10.7. The van der Waals surface area contributed by atoms with Crippen molar-refractivity contribution in [2.75, 3.05) is 0 Å². The van der Waals surface area contributed by atoms with Crippen molar-refractivity contribution in [3.8, 4) is 5.75 Å². The molecule has 2 nitrogen and oxygen atoms in total. The molecular formula is C21H14Cl2O2. The first-order chi connectivity index (χ1) is 12.0. The number of Topliss-reactive ketones (excluding diaryl/α,β-unsaturated/α-hetero) is 1. The zero-order valence-electron chi connectivity index (χ0n) is 13.1. The number of hydrogen-bond acceptors (Lipinski definition) is 2. The summed E-state index contributed by atoms with van der Waals surface area (Å²) in [6.07, 6.45) is 1.81. The van der Waals surface area contributed by atoms with E-state index < -0.39 is 0 Å². The van der Waals surface area contributed by atoms with Crippen LogP contribution in [0.25, 0.3) is 11.6 Å². The van der Waals surface area contributed by atoms with Gasteiger partial charge in [0, 0.05) is 21.2 Å². The summed E-state index contributed by atoms with van der Waals surface area (Å²) in [7, 11) is 0. The molecule has 124 valence electrons. The third kappa shape index (κ3) is 4.30. The summed E-state index contributed by atoms with van der Waals surface area (Å²) in [5.74, 6) is -0.0245. The lowest BCUT2D eigenvalue weighted by Crippen LogP contribution is -2.02. The minimum Gasteiger partial charge on any atom is -0.508 e. The fraction of sp³-hybridized carbons (Fsp3) is 0. The minimum absolute atomic E-state index is 0.117. The SMILES string of the molecule is O=C(/C(=C/c1ccc(Cl)cc1)c1ccc(Cl)cc1)c1ccc(O)cc1. The molecule has 0 saturated carbocycles. The van der Waals surface area contributed by atoms with Gasteiger partial charge in [0.2, 0.25) is 0 Å². The molecule has 0 atom stereocenters. The molecule has 0 spiro atoms. The van der Waals surface area contributed by atoms with Crippen LogP contribution in [0.2, 0.25) is 10.0 Å². The van der Waals surface area contributed by atoms with Crippen molar-refractivity contribution in [2.45, 2.75) is 0 Å². The lowest BCUT2D eigenvalue weighted by molar-refractivity contribution is 0.105. The van der Waals surface area contributed by atoms with Gasteiger partial charge in [0.1, 0.15) is 5.75 Å². The molecule has 0 saturated heterocycles. The van der Waals surface area contributed by atoms with Gasteiger partial charge in [0.05, 0.1) is 0 Å². The van der Waals surface area contributed by atoms with E-state index in [2.05, 4.69) is 0 Å². The lowest BCUT2D eigenvalue weighted by atomic mass is 9.94. The Kier molecular flexibility index (Phi) is 5.22. The molecule has 0 radical (unpaired) electrons. The van der Waals surface area contributed by atoms with E-state index in [1.807, 2.05) is 30.3 Å². The van der Waals surface area contributed by atoms with Gasteiger partial charge in [-0.2, -0.15) is 0 Å². The first-order valence-corrected chi connectivity index (χ1v) is 8.35. The van der Waals surface area contributed by atoms with Gasteiger partial charge in [-0.25, -0.2) is 0 Å². The number of carbonyl (C=O) groups excluding carboxylic acids is 1. The predicted molar refractivity (Wildman–Crippen MR) is 103 cm³/mol. The lowest BCUT2D eigenvalue weighted by Gasteiger charge is -2.09. The van der Waals surface area contributed by atoms with E-state index in [4.69, 9.17) is 23.2 Å². The molecule has 0 aliphatic heterocycles. The van der Waals surface area contributed by atoms with Crippen molar-refractivity contribution in [3.05, 3.63) is 99.5 Å². The van der Waals surface area contributed by atoms with Crippen LogP contribution in [-0.4, -0.2) is 10.9 Å². The topological polar surface area (TPSA) is 37.3 Å². The molecule has 3 aromatic carbocycles. The van der Waals surface area contributed by atoms with Gasteiger partial charge in [-0.15, -0.1) is 0 Å². The van der Waals surface area contributed by atoms with E-state index in [1.165, 1.54) is 12.1 Å². The molecular weight excluding hydrogens is 355 g/mol. The third-order valence-electron chi connectivity index (χ3n) is 3.71. The first-order valence-electron chi connectivity index (χ1n) is 7.60. The van der Waals surface area contributed by atoms with E-state index in [0.717, 1.165) is 11.1 Å². The second-order valence-corrected chi connectivity index (χ2v) is 6.37. The maximum atomic E-state index is 13.0. The highest BCUT2D eigenvalue weighted by molar-refractivity contribution is 6.33. The quantitative estimate of drug-likeness (QED) is 0.342. The molecule has 3 rings (SSSR count). The number of ketones is 1. The number of phenols is 1. The summed E-state index contributed by atoms with van der Waals surface area (Å²) in [6.45, 7) is 0. The van der Waals surface area contributed by atoms with Crippen molar-refractivity contribution >= 4 is 40.6 Å². The largest absolute Gasteiger partial charge is 0.508 e. The molecule has 0 aliphatic carbocycles. The van der Waals surface area contributed by atoms with Crippen LogP contribution in [0.3, 0.4) is 0 Å². The Balaban J connectivity index is 2.07. The Morgan fingerprint density at radius 3 is 1.76 bits per heavy atom. The number of rotatable bonds is 4. The Morgan fingerprint density at radius 1 is 0.720 bits per heavy atom. The number of carbonyl (C=O) groups is 1. The molecule has 0 aliphatic rings. The molecule has 0 heterocycles. The zero-order chi connectivity index (χ0) is 17.8. The monoisotopic (exact) mass is 368 g/mol. The van der Waals surface area contributed by atoms with Crippen LogP contribution in [0, 0.1) is 0 Å². The Morgan fingerprint density at radius 2 is 1.20 bits per heavy atom. The number of benzene rings is 3. The Hall–Kier alpha value is -2.55. The van der Waals surface area contributed by atoms with Crippen LogP contribution in [0.4, 0.5) is 0 Å². The Bertz CT molecular complexity index is 910. The predicted octanol–water partition coefficient (Wildman–Crippen LogP) is 6.12. The molecule has 0 amide bonds. The second-order valence-electron chi connectivity index (χ2n) is 5.49. The van der Waals surface area contributed by atoms with Crippen LogP contribution in [0.1, 0.15) is 21.5 Å². The van der Waals surface area contributed by atoms with Crippen LogP contribution in [0.5, 0.6) is 5.75 Å². The van der Waals surface area contributed by atoms with Crippen LogP contribution in [0.15, 0.2) is 72.8 Å². The van der Waals surface area contributed by atoms with Gasteiger partial charge in [0.15, 0.2) is 5.78 Å². The second kappa shape index (κ2) is 7.56. The van der Waals surface area contributed by atoms with E-state index in [9.17, 15) is 9.90 Å². The number of halogens is 2. The highest BCUT2D eigenvalue weighted by Crippen LogP contribution is 2.25. The van der Waals surface area contributed by atoms with Gasteiger partial charge < -0.3 is 5.11 Å². The van der Waals surface area contributed by atoms with Crippen LogP contribution < -0.4 is 0 Å². The molecule has 3 aromatic rings. The average molecular weight is 369 g/mol. The van der Waals surface area contributed by atoms with Crippen molar-refractivity contribution in [3.63, 3.8) is 0 Å². The smallest absolute Gasteiger partial charge is 0.193 e. The van der Waals surface area contributed by atoms with Gasteiger partial charge >= 0.3 is 0 Å². The van der Waals surface area contributed by atoms with Crippen molar-refractivity contribution in [1.82, 2.24) is 0 Å². The van der Waals surface area contributed by atoms with Crippen molar-refractivity contribution in [2.24, 2.45) is 0 Å². The van der Waals surface area contributed by atoms with E-state index in [0.29, 0.717) is 21.2 Å². The summed E-state index contributed by atoms with van der Waals surface area (Å²) in [6, 6.07) is 20.6. The van der Waals surface area contributed by atoms with Crippen LogP contribution >= 0.6 is 23.2 Å². The molecule has 1 N–H and O–H groups in total. The number of aromatic hydroxyl groups is 1. The third-order valence-corrected chi connectivity index (χ3v) is 4.21. The Labute approximate surface area is 156 Å². The fourth-order valence-corrected chi connectivity index (χ4v) is 2.66. The number of hydrogen-bond donors (Lipinski definition) is 1. The molecule has 0 fully saturated rings. The summed E-state index contributed by atoms with van der Waals surface area (Å²) < 4.78 is 0. The highest BCUT2D eigenvalue weighted by atomic mass is 35.5. The molecule has 25 heavy (non-hydrogen) atoms. The first kappa shape index (κ1) is 17.3. The summed E-state index contributed by atoms with van der Waals surface area (Å²) in [4.78, 5) is 13.0. The molecule has 0 bridgehead atoms. The number of allylic oxidation sites excluding steroid dienone is 1. The maximum absolute atomic E-state index is 13.0. The molecule has 4 heteroatoms. The standard InChI is InChI=1S/C21H14Cl2O2/c22-17-7-1-14(2-8-17)13-20(15-3-9-18(23)10-4-15)21(25)16-5-11-19(24)12-6-16/h1-13,24H/b20-13+. The summed E-state index contributed by atoms with van der Waals surface area (Å²) >= 11 is 11.9. The van der Waals surface area contributed by atoms with Gasteiger partial charge in [-0.1, -0.05) is 47.5 Å². The minimum atomic E-state index is -0.141. The van der Waals surface area contributed by atoms with Crippen molar-refractivity contribution in [1.29, 1.82) is 0 Å². The fourth-order valence-electron chi connectivity index (χ4n) is 2.40. The number of phenolic OH excluding ortho intramolecular Hbond substituents is 1. The highest BCUT2D eigenvalue weighted by Gasteiger charge is 2.15. The normalized spacial score (nSPS) is 11.4. The van der Waals surface area contributed by atoms with Gasteiger partial charge in [-0.3, -0.25) is 4.79 Å². The van der Waals surface area contributed by atoms with E-state index in [1.54, 1.807) is 36.4 Å².